The molecule has 0 aromatic heterocycles. The van der Waals surface area contributed by atoms with Crippen molar-refractivity contribution in [1.29, 1.82) is 0 Å². The minimum absolute atomic E-state index is 0.337. The number of hydrogen-bond acceptors (Lipinski definition) is 3. The molecule has 1 aromatic rings. The Kier molecular flexibility index (Phi) is 2.35. The van der Waals surface area contributed by atoms with E-state index in [1.165, 1.54) is 11.3 Å². The lowest BCUT2D eigenvalue weighted by molar-refractivity contribution is 0.122. The topological polar surface area (TPSA) is 25.0 Å². The van der Waals surface area contributed by atoms with E-state index in [0.29, 0.717) is 6.10 Å². The van der Waals surface area contributed by atoms with Gasteiger partial charge >= 0.3 is 0 Å². The maximum Gasteiger partial charge on any atom is 0.108 e. The molecule has 2 aliphatic rings. The average molecular weight is 205 g/mol. The third kappa shape index (κ3) is 1.85. The molecule has 15 heavy (non-hydrogen) atoms. The summed E-state index contributed by atoms with van der Waals surface area (Å²) in [5, 5.41) is 0. The lowest BCUT2D eigenvalue weighted by atomic mass is 10.1. The molecule has 0 radical (unpaired) electrons. The Labute approximate surface area is 89.6 Å². The molecule has 0 bridgehead atoms. The number of hydrogen-bond donors (Lipinski definition) is 0. The highest BCUT2D eigenvalue weighted by atomic mass is 16.6. The highest BCUT2D eigenvalue weighted by Gasteiger charge is 2.28. The summed E-state index contributed by atoms with van der Waals surface area (Å²) in [5.41, 5.74) is 2.66. The maximum atomic E-state index is 5.37. The van der Waals surface area contributed by atoms with Gasteiger partial charge in [-0.15, -0.1) is 0 Å². The quantitative estimate of drug-likeness (QED) is 0.685. The second kappa shape index (κ2) is 3.83. The van der Waals surface area contributed by atoms with E-state index in [0.717, 1.165) is 32.9 Å². The van der Waals surface area contributed by atoms with Crippen molar-refractivity contribution in [3.05, 3.63) is 29.8 Å². The van der Waals surface area contributed by atoms with Crippen molar-refractivity contribution in [1.82, 2.24) is 0 Å². The standard InChI is InChI=1S/C12H15NO2/c1-2-4-11(10(3-1)12-9-15-12)13-5-7-14-8-6-13/h1-4,12H,5-9H2/t12-/m0/s1. The minimum Gasteiger partial charge on any atom is -0.378 e. The fourth-order valence-electron chi connectivity index (χ4n) is 2.08. The van der Waals surface area contributed by atoms with Gasteiger partial charge in [0, 0.05) is 24.3 Å². The Balaban J connectivity index is 1.88. The number of anilines is 1. The summed E-state index contributed by atoms with van der Waals surface area (Å²) in [4.78, 5) is 2.39. The Hall–Kier alpha value is -1.06. The average Bonchev–Trinajstić information content (AvgIpc) is 3.14. The summed E-state index contributed by atoms with van der Waals surface area (Å²) in [6, 6.07) is 8.53. The predicted molar refractivity (Wildman–Crippen MR) is 58.2 cm³/mol. The van der Waals surface area contributed by atoms with Crippen LogP contribution in [0.2, 0.25) is 0 Å². The van der Waals surface area contributed by atoms with E-state index in [1.54, 1.807) is 0 Å². The smallest absolute Gasteiger partial charge is 0.108 e. The number of epoxide rings is 1. The van der Waals surface area contributed by atoms with Crippen LogP contribution in [0.15, 0.2) is 24.3 Å². The SMILES string of the molecule is c1ccc(N2CCOCC2)c([C@@H]2CO2)c1. The summed E-state index contributed by atoms with van der Waals surface area (Å²) < 4.78 is 10.7. The number of benzene rings is 1. The summed E-state index contributed by atoms with van der Waals surface area (Å²) in [6.07, 6.45) is 0.337. The molecule has 0 saturated carbocycles. The van der Waals surface area contributed by atoms with Gasteiger partial charge in [-0.1, -0.05) is 18.2 Å². The van der Waals surface area contributed by atoms with E-state index < -0.39 is 0 Å². The second-order valence-corrected chi connectivity index (χ2v) is 3.98. The van der Waals surface area contributed by atoms with Crippen molar-refractivity contribution in [2.45, 2.75) is 6.10 Å². The molecular weight excluding hydrogens is 190 g/mol. The van der Waals surface area contributed by atoms with Gasteiger partial charge in [0.05, 0.1) is 19.8 Å². The van der Waals surface area contributed by atoms with E-state index in [1.807, 2.05) is 0 Å². The summed E-state index contributed by atoms with van der Waals surface area (Å²) >= 11 is 0. The number of para-hydroxylation sites is 1. The molecule has 2 fully saturated rings. The number of rotatable bonds is 2. The highest BCUT2D eigenvalue weighted by Crippen LogP contribution is 2.36. The molecule has 80 valence electrons. The third-order valence-corrected chi connectivity index (χ3v) is 2.97. The normalized spacial score (nSPS) is 25.3. The molecule has 0 aliphatic carbocycles. The Morgan fingerprint density at radius 1 is 1.13 bits per heavy atom. The molecule has 1 atom stereocenters. The van der Waals surface area contributed by atoms with Crippen LogP contribution in [0.3, 0.4) is 0 Å². The van der Waals surface area contributed by atoms with Crippen molar-refractivity contribution >= 4 is 5.69 Å². The van der Waals surface area contributed by atoms with E-state index in [2.05, 4.69) is 29.2 Å². The fraction of sp³-hybridized carbons (Fsp3) is 0.500. The van der Waals surface area contributed by atoms with Crippen molar-refractivity contribution in [3.8, 4) is 0 Å². The largest absolute Gasteiger partial charge is 0.378 e. The van der Waals surface area contributed by atoms with E-state index >= 15 is 0 Å². The van der Waals surface area contributed by atoms with Crippen molar-refractivity contribution in [2.75, 3.05) is 37.8 Å². The molecule has 3 nitrogen and oxygen atoms in total. The van der Waals surface area contributed by atoms with Gasteiger partial charge in [0.1, 0.15) is 6.10 Å². The molecule has 2 aliphatic heterocycles. The zero-order valence-electron chi connectivity index (χ0n) is 8.69. The van der Waals surface area contributed by atoms with Gasteiger partial charge in [-0.2, -0.15) is 0 Å². The van der Waals surface area contributed by atoms with Gasteiger partial charge in [-0.3, -0.25) is 0 Å². The zero-order chi connectivity index (χ0) is 10.1. The Morgan fingerprint density at radius 3 is 2.60 bits per heavy atom. The first-order chi connectivity index (χ1) is 7.45. The summed E-state index contributed by atoms with van der Waals surface area (Å²) in [7, 11) is 0. The molecule has 0 unspecified atom stereocenters. The lowest BCUT2D eigenvalue weighted by Crippen LogP contribution is -2.36. The monoisotopic (exact) mass is 205 g/mol. The van der Waals surface area contributed by atoms with Gasteiger partial charge in [0.2, 0.25) is 0 Å². The summed E-state index contributed by atoms with van der Waals surface area (Å²) in [5.74, 6) is 0. The van der Waals surface area contributed by atoms with Crippen molar-refractivity contribution in [3.63, 3.8) is 0 Å². The number of ether oxygens (including phenoxy) is 2. The van der Waals surface area contributed by atoms with Gasteiger partial charge in [0.25, 0.3) is 0 Å². The number of morpholine rings is 1. The predicted octanol–water partition coefficient (Wildman–Crippen LogP) is 1.59. The van der Waals surface area contributed by atoms with Crippen molar-refractivity contribution in [2.24, 2.45) is 0 Å². The van der Waals surface area contributed by atoms with Crippen LogP contribution in [0.1, 0.15) is 11.7 Å². The Bertz CT molecular complexity index is 343. The molecule has 3 rings (SSSR count). The number of nitrogens with zero attached hydrogens (tertiary/aromatic N) is 1. The van der Waals surface area contributed by atoms with E-state index in [4.69, 9.17) is 9.47 Å². The van der Waals surface area contributed by atoms with Gasteiger partial charge in [-0.25, -0.2) is 0 Å². The lowest BCUT2D eigenvalue weighted by Gasteiger charge is -2.30. The van der Waals surface area contributed by atoms with Crippen LogP contribution < -0.4 is 4.90 Å². The first-order valence-electron chi connectivity index (χ1n) is 5.48. The van der Waals surface area contributed by atoms with E-state index in [9.17, 15) is 0 Å². The maximum absolute atomic E-state index is 5.37. The fourth-order valence-corrected chi connectivity index (χ4v) is 2.08. The Morgan fingerprint density at radius 2 is 1.87 bits per heavy atom. The molecule has 0 spiro atoms. The first-order valence-corrected chi connectivity index (χ1v) is 5.48. The van der Waals surface area contributed by atoms with Gasteiger partial charge in [0.15, 0.2) is 0 Å². The highest BCUT2D eigenvalue weighted by molar-refractivity contribution is 5.55. The van der Waals surface area contributed by atoms with Crippen LogP contribution in [0.4, 0.5) is 5.69 Å². The van der Waals surface area contributed by atoms with Crippen LogP contribution in [0, 0.1) is 0 Å². The van der Waals surface area contributed by atoms with Crippen LogP contribution in [0.25, 0.3) is 0 Å². The molecule has 2 saturated heterocycles. The van der Waals surface area contributed by atoms with Crippen molar-refractivity contribution < 1.29 is 9.47 Å². The van der Waals surface area contributed by atoms with E-state index in [-0.39, 0.29) is 0 Å². The molecule has 1 aromatic carbocycles. The van der Waals surface area contributed by atoms with Crippen LogP contribution in [-0.2, 0) is 9.47 Å². The van der Waals surface area contributed by atoms with Gasteiger partial charge < -0.3 is 14.4 Å². The third-order valence-electron chi connectivity index (χ3n) is 2.97. The molecule has 3 heteroatoms. The molecular formula is C12H15NO2. The van der Waals surface area contributed by atoms with Crippen LogP contribution in [0.5, 0.6) is 0 Å². The molecule has 0 N–H and O–H groups in total. The van der Waals surface area contributed by atoms with Crippen LogP contribution >= 0.6 is 0 Å². The summed E-state index contributed by atoms with van der Waals surface area (Å²) in [6.45, 7) is 4.52. The molecule has 2 heterocycles. The first kappa shape index (κ1) is 9.19. The zero-order valence-corrected chi connectivity index (χ0v) is 8.69. The minimum atomic E-state index is 0.337. The van der Waals surface area contributed by atoms with Crippen LogP contribution in [-0.4, -0.2) is 32.9 Å². The van der Waals surface area contributed by atoms with Gasteiger partial charge in [-0.05, 0) is 6.07 Å². The second-order valence-electron chi connectivity index (χ2n) is 3.98. The molecule has 0 amide bonds.